The fourth-order valence-corrected chi connectivity index (χ4v) is 3.52. The average Bonchev–Trinajstić information content (AvgIpc) is 2.97. The summed E-state index contributed by atoms with van der Waals surface area (Å²) in [6.07, 6.45) is 0. The molecule has 3 aromatic carbocycles. The van der Waals surface area contributed by atoms with Crippen molar-refractivity contribution in [1.29, 1.82) is 0 Å². The highest BCUT2D eigenvalue weighted by Gasteiger charge is 2.19. The van der Waals surface area contributed by atoms with Gasteiger partial charge in [0.05, 0.1) is 16.3 Å². The monoisotopic (exact) mass is 375 g/mol. The second kappa shape index (κ2) is 6.93. The Morgan fingerprint density at radius 1 is 0.926 bits per heavy atom. The Labute approximate surface area is 162 Å². The van der Waals surface area contributed by atoms with Gasteiger partial charge in [-0.05, 0) is 42.7 Å². The molecule has 1 amide bonds. The molecule has 1 aromatic heterocycles. The zero-order valence-electron chi connectivity index (χ0n) is 15.0. The maximum Gasteiger partial charge on any atom is 0.257 e. The van der Waals surface area contributed by atoms with E-state index in [0.29, 0.717) is 21.9 Å². The molecule has 0 aliphatic heterocycles. The molecular weight excluding hydrogens is 358 g/mol. The lowest BCUT2D eigenvalue weighted by atomic mass is 9.99. The normalized spacial score (nSPS) is 10.9. The van der Waals surface area contributed by atoms with Crippen LogP contribution >= 0.6 is 11.6 Å². The van der Waals surface area contributed by atoms with Crippen LogP contribution in [0, 0.1) is 13.8 Å². The number of aryl methyl sites for hydroxylation is 2. The maximum absolute atomic E-state index is 13.1. The summed E-state index contributed by atoms with van der Waals surface area (Å²) in [6, 6.07) is 20.9. The summed E-state index contributed by atoms with van der Waals surface area (Å²) < 4.78 is 5.86. The summed E-state index contributed by atoms with van der Waals surface area (Å²) in [5.41, 5.74) is 4.56. The minimum Gasteiger partial charge on any atom is -0.459 e. The van der Waals surface area contributed by atoms with Crippen molar-refractivity contribution in [3.8, 4) is 11.1 Å². The number of fused-ring (bicyclic) bond motifs is 1. The van der Waals surface area contributed by atoms with E-state index in [1.807, 2.05) is 74.5 Å². The van der Waals surface area contributed by atoms with Crippen molar-refractivity contribution in [2.24, 2.45) is 0 Å². The first-order valence-corrected chi connectivity index (χ1v) is 9.08. The highest BCUT2D eigenvalue weighted by atomic mass is 35.5. The van der Waals surface area contributed by atoms with Gasteiger partial charge in [-0.1, -0.05) is 66.2 Å². The first kappa shape index (κ1) is 17.4. The highest BCUT2D eigenvalue weighted by molar-refractivity contribution is 6.35. The van der Waals surface area contributed by atoms with Crippen LogP contribution in [0.3, 0.4) is 0 Å². The standard InChI is InChI=1S/C23H18ClNO2/c1-14-15(2)27-22-17(14)10-7-13-20(22)25-23(26)21-18(11-6-12-19(21)24)16-8-4-3-5-9-16/h3-13H,1-2H3,(H,25,26). The Morgan fingerprint density at radius 2 is 1.67 bits per heavy atom. The summed E-state index contributed by atoms with van der Waals surface area (Å²) in [7, 11) is 0. The number of carbonyl (C=O) groups excluding carboxylic acids is 1. The molecule has 0 aliphatic rings. The molecule has 4 rings (SSSR count). The molecule has 1 N–H and O–H groups in total. The number of rotatable bonds is 3. The molecule has 0 bridgehead atoms. The zero-order valence-corrected chi connectivity index (χ0v) is 15.8. The van der Waals surface area contributed by atoms with Gasteiger partial charge in [-0.25, -0.2) is 0 Å². The third-order valence-electron chi connectivity index (χ3n) is 4.78. The minimum atomic E-state index is -0.265. The van der Waals surface area contributed by atoms with Gasteiger partial charge in [0.25, 0.3) is 5.91 Å². The van der Waals surface area contributed by atoms with Crippen LogP contribution in [0.15, 0.2) is 71.1 Å². The quantitative estimate of drug-likeness (QED) is 0.437. The largest absolute Gasteiger partial charge is 0.459 e. The molecule has 27 heavy (non-hydrogen) atoms. The van der Waals surface area contributed by atoms with E-state index in [2.05, 4.69) is 5.32 Å². The van der Waals surface area contributed by atoms with E-state index in [4.69, 9.17) is 16.0 Å². The van der Waals surface area contributed by atoms with Gasteiger partial charge in [0, 0.05) is 5.39 Å². The van der Waals surface area contributed by atoms with Crippen LogP contribution in [-0.4, -0.2) is 5.91 Å². The Morgan fingerprint density at radius 3 is 2.44 bits per heavy atom. The summed E-state index contributed by atoms with van der Waals surface area (Å²) in [5.74, 6) is 0.577. The Kier molecular flexibility index (Phi) is 4.46. The number of hydrogen-bond donors (Lipinski definition) is 1. The predicted molar refractivity (Wildman–Crippen MR) is 111 cm³/mol. The van der Waals surface area contributed by atoms with Crippen LogP contribution in [-0.2, 0) is 0 Å². The molecule has 0 saturated heterocycles. The number of anilines is 1. The van der Waals surface area contributed by atoms with Gasteiger partial charge in [0.15, 0.2) is 5.58 Å². The molecule has 0 radical (unpaired) electrons. The van der Waals surface area contributed by atoms with Gasteiger partial charge in [0.1, 0.15) is 5.76 Å². The van der Waals surface area contributed by atoms with Crippen molar-refractivity contribution in [3.05, 3.63) is 88.6 Å². The van der Waals surface area contributed by atoms with Crippen molar-refractivity contribution in [2.45, 2.75) is 13.8 Å². The maximum atomic E-state index is 13.1. The summed E-state index contributed by atoms with van der Waals surface area (Å²) >= 11 is 6.40. The lowest BCUT2D eigenvalue weighted by Crippen LogP contribution is -2.14. The summed E-state index contributed by atoms with van der Waals surface area (Å²) in [4.78, 5) is 13.1. The van der Waals surface area contributed by atoms with E-state index in [0.717, 1.165) is 27.8 Å². The second-order valence-corrected chi connectivity index (χ2v) is 6.86. The van der Waals surface area contributed by atoms with Crippen molar-refractivity contribution >= 4 is 34.2 Å². The van der Waals surface area contributed by atoms with Crippen LogP contribution in [0.5, 0.6) is 0 Å². The van der Waals surface area contributed by atoms with Gasteiger partial charge in [-0.3, -0.25) is 4.79 Å². The van der Waals surface area contributed by atoms with E-state index in [9.17, 15) is 4.79 Å². The minimum absolute atomic E-state index is 0.265. The SMILES string of the molecule is Cc1oc2c(NC(=O)c3c(Cl)cccc3-c3ccccc3)cccc2c1C. The number of amides is 1. The molecule has 0 unspecified atom stereocenters. The van der Waals surface area contributed by atoms with Gasteiger partial charge in [-0.2, -0.15) is 0 Å². The van der Waals surface area contributed by atoms with E-state index < -0.39 is 0 Å². The molecule has 4 aromatic rings. The van der Waals surface area contributed by atoms with Crippen molar-refractivity contribution < 1.29 is 9.21 Å². The highest BCUT2D eigenvalue weighted by Crippen LogP contribution is 2.33. The van der Waals surface area contributed by atoms with Crippen molar-refractivity contribution in [3.63, 3.8) is 0 Å². The topological polar surface area (TPSA) is 42.2 Å². The fraction of sp³-hybridized carbons (Fsp3) is 0.0870. The van der Waals surface area contributed by atoms with Crippen molar-refractivity contribution in [2.75, 3.05) is 5.32 Å². The number of halogens is 1. The lowest BCUT2D eigenvalue weighted by Gasteiger charge is -2.12. The fourth-order valence-electron chi connectivity index (χ4n) is 3.26. The van der Waals surface area contributed by atoms with Gasteiger partial charge >= 0.3 is 0 Å². The molecule has 0 spiro atoms. The summed E-state index contributed by atoms with van der Waals surface area (Å²) in [5, 5.41) is 4.38. The average molecular weight is 376 g/mol. The lowest BCUT2D eigenvalue weighted by molar-refractivity contribution is 0.102. The van der Waals surface area contributed by atoms with E-state index in [1.165, 1.54) is 0 Å². The molecule has 0 atom stereocenters. The second-order valence-electron chi connectivity index (χ2n) is 6.45. The molecule has 4 heteroatoms. The molecule has 0 aliphatic carbocycles. The van der Waals surface area contributed by atoms with E-state index in [-0.39, 0.29) is 5.91 Å². The molecular formula is C23H18ClNO2. The van der Waals surface area contributed by atoms with Gasteiger partial charge < -0.3 is 9.73 Å². The van der Waals surface area contributed by atoms with Crippen LogP contribution < -0.4 is 5.32 Å². The number of nitrogens with one attached hydrogen (secondary N) is 1. The van der Waals surface area contributed by atoms with Gasteiger partial charge in [0.2, 0.25) is 0 Å². The Hall–Kier alpha value is -3.04. The number of para-hydroxylation sites is 1. The van der Waals surface area contributed by atoms with Crippen LogP contribution in [0.1, 0.15) is 21.7 Å². The van der Waals surface area contributed by atoms with E-state index in [1.54, 1.807) is 6.07 Å². The Bertz CT molecular complexity index is 1150. The zero-order chi connectivity index (χ0) is 19.0. The van der Waals surface area contributed by atoms with Crippen molar-refractivity contribution in [1.82, 2.24) is 0 Å². The van der Waals surface area contributed by atoms with Crippen LogP contribution in [0.25, 0.3) is 22.1 Å². The van der Waals surface area contributed by atoms with E-state index >= 15 is 0 Å². The first-order chi connectivity index (χ1) is 13.1. The first-order valence-electron chi connectivity index (χ1n) is 8.70. The molecule has 0 fully saturated rings. The molecule has 1 heterocycles. The number of furan rings is 1. The number of benzene rings is 3. The molecule has 134 valence electrons. The third kappa shape index (κ3) is 3.11. The predicted octanol–water partition coefficient (Wildman–Crippen LogP) is 6.62. The molecule has 3 nitrogen and oxygen atoms in total. The number of hydrogen-bond acceptors (Lipinski definition) is 2. The molecule has 0 saturated carbocycles. The smallest absolute Gasteiger partial charge is 0.257 e. The van der Waals surface area contributed by atoms with Crippen LogP contribution in [0.4, 0.5) is 5.69 Å². The van der Waals surface area contributed by atoms with Crippen LogP contribution in [0.2, 0.25) is 5.02 Å². The Balaban J connectivity index is 1.78. The number of carbonyl (C=O) groups is 1. The summed E-state index contributed by atoms with van der Waals surface area (Å²) in [6.45, 7) is 3.93. The third-order valence-corrected chi connectivity index (χ3v) is 5.09. The van der Waals surface area contributed by atoms with Gasteiger partial charge in [-0.15, -0.1) is 0 Å².